The lowest BCUT2D eigenvalue weighted by molar-refractivity contribution is -0.160. The molecule has 1 heterocycles. The number of benzene rings is 2. The normalized spacial score (nSPS) is 15.2. The maximum Gasteiger partial charge on any atom is 0.411 e. The van der Waals surface area contributed by atoms with E-state index in [1.807, 2.05) is 0 Å². The minimum absolute atomic E-state index is 0.0733. The van der Waals surface area contributed by atoms with Crippen molar-refractivity contribution in [2.24, 2.45) is 0 Å². The molecule has 11 heteroatoms. The van der Waals surface area contributed by atoms with E-state index in [2.05, 4.69) is 4.74 Å². The van der Waals surface area contributed by atoms with Crippen LogP contribution in [0.25, 0.3) is 0 Å². The van der Waals surface area contributed by atoms with E-state index in [0.29, 0.717) is 23.3 Å². The van der Waals surface area contributed by atoms with Gasteiger partial charge in [0.25, 0.3) is 0 Å². The Morgan fingerprint density at radius 2 is 1.83 bits per heavy atom. The van der Waals surface area contributed by atoms with Crippen molar-refractivity contribution in [1.29, 1.82) is 0 Å². The first-order chi connectivity index (χ1) is 16.5. The molecule has 35 heavy (non-hydrogen) atoms. The van der Waals surface area contributed by atoms with Gasteiger partial charge in [-0.15, -0.1) is 0 Å². The molecule has 8 nitrogen and oxygen atoms in total. The van der Waals surface area contributed by atoms with Crippen LogP contribution < -0.4 is 4.74 Å². The zero-order valence-electron chi connectivity index (χ0n) is 19.5. The molecule has 0 bridgehead atoms. The third kappa shape index (κ3) is 5.48. The molecule has 0 N–H and O–H groups in total. The molecule has 1 atom stereocenters. The first-order valence-electron chi connectivity index (χ1n) is 10.5. The van der Waals surface area contributed by atoms with Crippen LogP contribution in [0.5, 0.6) is 5.75 Å². The lowest BCUT2D eigenvalue weighted by Gasteiger charge is -2.36. The SMILES string of the molecule is COC(=O)[C@H]1c2ccc(OCc3c(F)ccc(Cl)c3F)cc2CCN1C(=O)OC(C)(C)C(=O)OC. The van der Waals surface area contributed by atoms with Crippen molar-refractivity contribution in [3.05, 3.63) is 63.7 Å². The standard InChI is InChI=1S/C24H24ClF2NO7/c1-24(2,22(30)33-4)35-23(31)28-10-9-13-11-14(5-6-15(13)20(28)21(29)32-3)34-12-16-18(26)8-7-17(25)19(16)27/h5-8,11,20H,9-10,12H2,1-4H3/t20-/m1/s1. The molecule has 2 aromatic carbocycles. The quantitative estimate of drug-likeness (QED) is 0.323. The molecule has 3 rings (SSSR count). The van der Waals surface area contributed by atoms with E-state index in [4.69, 9.17) is 25.8 Å². The van der Waals surface area contributed by atoms with Gasteiger partial charge in [0.1, 0.15) is 18.2 Å². The number of fused-ring (bicyclic) bond motifs is 1. The van der Waals surface area contributed by atoms with Gasteiger partial charge in [0.05, 0.1) is 24.8 Å². The summed E-state index contributed by atoms with van der Waals surface area (Å²) in [6.07, 6.45) is -0.582. The first kappa shape index (κ1) is 26.2. The van der Waals surface area contributed by atoms with Crippen molar-refractivity contribution in [2.45, 2.75) is 38.5 Å². The number of carbonyl (C=O) groups excluding carboxylic acids is 3. The Labute approximate surface area is 205 Å². The van der Waals surface area contributed by atoms with Gasteiger partial charge in [-0.25, -0.2) is 23.2 Å². The Bertz CT molecular complexity index is 1150. The van der Waals surface area contributed by atoms with Gasteiger partial charge in [-0.05, 0) is 55.7 Å². The topological polar surface area (TPSA) is 91.4 Å². The predicted molar refractivity (Wildman–Crippen MR) is 120 cm³/mol. The summed E-state index contributed by atoms with van der Waals surface area (Å²) in [6.45, 7) is 2.41. The van der Waals surface area contributed by atoms with E-state index >= 15 is 0 Å². The van der Waals surface area contributed by atoms with Crippen molar-refractivity contribution in [3.63, 3.8) is 0 Å². The van der Waals surface area contributed by atoms with Gasteiger partial charge in [-0.3, -0.25) is 4.90 Å². The average Bonchev–Trinajstić information content (AvgIpc) is 2.84. The molecular weight excluding hydrogens is 488 g/mol. The van der Waals surface area contributed by atoms with Crippen LogP contribution in [0.15, 0.2) is 30.3 Å². The summed E-state index contributed by atoms with van der Waals surface area (Å²) in [5, 5.41) is -0.223. The van der Waals surface area contributed by atoms with Crippen molar-refractivity contribution in [2.75, 3.05) is 20.8 Å². The van der Waals surface area contributed by atoms with Crippen molar-refractivity contribution in [1.82, 2.24) is 4.90 Å². The van der Waals surface area contributed by atoms with E-state index in [0.717, 1.165) is 17.0 Å². The van der Waals surface area contributed by atoms with Crippen LogP contribution in [-0.2, 0) is 36.8 Å². The van der Waals surface area contributed by atoms with Gasteiger partial charge in [0, 0.05) is 6.54 Å². The summed E-state index contributed by atoms with van der Waals surface area (Å²) in [6, 6.07) is 5.70. The maximum absolute atomic E-state index is 14.1. The zero-order chi connectivity index (χ0) is 25.9. The second kappa shape index (κ2) is 10.5. The van der Waals surface area contributed by atoms with Crippen LogP contribution in [0.2, 0.25) is 5.02 Å². The smallest absolute Gasteiger partial charge is 0.411 e. The van der Waals surface area contributed by atoms with Crippen LogP contribution >= 0.6 is 11.6 Å². The molecule has 0 aromatic heterocycles. The highest BCUT2D eigenvalue weighted by molar-refractivity contribution is 6.30. The van der Waals surface area contributed by atoms with Gasteiger partial charge >= 0.3 is 18.0 Å². The fraction of sp³-hybridized carbons (Fsp3) is 0.375. The van der Waals surface area contributed by atoms with E-state index < -0.39 is 47.9 Å². The molecule has 0 spiro atoms. The molecule has 1 aliphatic heterocycles. The van der Waals surface area contributed by atoms with E-state index in [-0.39, 0.29) is 17.1 Å². The summed E-state index contributed by atoms with van der Waals surface area (Å²) < 4.78 is 48.5. The number of hydrogen-bond acceptors (Lipinski definition) is 7. The molecule has 188 valence electrons. The summed E-state index contributed by atoms with van der Waals surface area (Å²) in [5.41, 5.74) is -0.760. The molecule has 0 aliphatic carbocycles. The number of halogens is 3. The average molecular weight is 512 g/mol. The lowest BCUT2D eigenvalue weighted by atomic mass is 9.92. The Balaban J connectivity index is 1.84. The summed E-state index contributed by atoms with van der Waals surface area (Å²) in [5.74, 6) is -2.86. The fourth-order valence-corrected chi connectivity index (χ4v) is 3.85. The van der Waals surface area contributed by atoms with Crippen LogP contribution in [0, 0.1) is 11.6 Å². The molecule has 0 saturated heterocycles. The van der Waals surface area contributed by atoms with Gasteiger partial charge in [-0.1, -0.05) is 17.7 Å². The van der Waals surface area contributed by atoms with Crippen molar-refractivity contribution >= 4 is 29.6 Å². The van der Waals surface area contributed by atoms with Gasteiger partial charge in [0.15, 0.2) is 11.9 Å². The molecule has 0 unspecified atom stereocenters. The second-order valence-electron chi connectivity index (χ2n) is 8.21. The minimum atomic E-state index is -1.57. The van der Waals surface area contributed by atoms with Crippen molar-refractivity contribution in [3.8, 4) is 5.75 Å². The van der Waals surface area contributed by atoms with Gasteiger partial charge in [-0.2, -0.15) is 0 Å². The van der Waals surface area contributed by atoms with Crippen LogP contribution in [0.4, 0.5) is 13.6 Å². The summed E-state index contributed by atoms with van der Waals surface area (Å²) in [4.78, 5) is 38.6. The number of rotatable bonds is 6. The third-order valence-electron chi connectivity index (χ3n) is 5.54. The first-order valence-corrected chi connectivity index (χ1v) is 10.9. The van der Waals surface area contributed by atoms with E-state index in [1.165, 1.54) is 34.1 Å². The number of esters is 2. The number of nitrogens with zero attached hydrogens (tertiary/aromatic N) is 1. The Morgan fingerprint density at radius 1 is 1.11 bits per heavy atom. The summed E-state index contributed by atoms with van der Waals surface area (Å²) >= 11 is 5.72. The number of amides is 1. The molecule has 0 saturated carbocycles. The number of ether oxygens (including phenoxy) is 4. The number of carbonyl (C=O) groups is 3. The molecule has 0 radical (unpaired) electrons. The minimum Gasteiger partial charge on any atom is -0.489 e. The Morgan fingerprint density at radius 3 is 2.49 bits per heavy atom. The number of methoxy groups -OCH3 is 2. The van der Waals surface area contributed by atoms with E-state index in [1.54, 1.807) is 12.1 Å². The van der Waals surface area contributed by atoms with Crippen LogP contribution in [0.3, 0.4) is 0 Å². The largest absolute Gasteiger partial charge is 0.489 e. The molecule has 1 aliphatic rings. The Kier molecular flexibility index (Phi) is 7.84. The highest BCUT2D eigenvalue weighted by Crippen LogP contribution is 2.34. The van der Waals surface area contributed by atoms with Crippen LogP contribution in [-0.4, -0.2) is 49.3 Å². The molecule has 2 aromatic rings. The molecule has 1 amide bonds. The highest BCUT2D eigenvalue weighted by atomic mass is 35.5. The predicted octanol–water partition coefficient (Wildman–Crippen LogP) is 4.36. The van der Waals surface area contributed by atoms with Crippen LogP contribution in [0.1, 0.15) is 36.6 Å². The van der Waals surface area contributed by atoms with E-state index in [9.17, 15) is 23.2 Å². The summed E-state index contributed by atoms with van der Waals surface area (Å²) in [7, 11) is 2.35. The van der Waals surface area contributed by atoms with Crippen molar-refractivity contribution < 1.29 is 42.1 Å². The third-order valence-corrected chi connectivity index (χ3v) is 5.84. The molecular formula is C24H24ClF2NO7. The second-order valence-corrected chi connectivity index (χ2v) is 8.62. The number of hydrogen-bond donors (Lipinski definition) is 0. The highest BCUT2D eigenvalue weighted by Gasteiger charge is 2.41. The van der Waals surface area contributed by atoms with Gasteiger partial charge < -0.3 is 18.9 Å². The van der Waals surface area contributed by atoms with Gasteiger partial charge in [0.2, 0.25) is 5.60 Å². The zero-order valence-corrected chi connectivity index (χ0v) is 20.3. The lowest BCUT2D eigenvalue weighted by Crippen LogP contribution is -2.48. The fourth-order valence-electron chi connectivity index (χ4n) is 3.68. The Hall–Kier alpha value is -3.40. The maximum atomic E-state index is 14.1. The molecule has 0 fully saturated rings. The monoisotopic (exact) mass is 511 g/mol.